The molecule has 0 aliphatic rings. The molecule has 2 heterocycles. The Morgan fingerprint density at radius 1 is 1.19 bits per heavy atom. The maximum absolute atomic E-state index is 10.8. The first-order chi connectivity index (χ1) is 13.0. The molecule has 27 heavy (non-hydrogen) atoms. The molecule has 0 unspecified atom stereocenters. The van der Waals surface area contributed by atoms with E-state index in [2.05, 4.69) is 25.4 Å². The maximum atomic E-state index is 10.8. The molecule has 3 aromatic rings. The largest absolute Gasteiger partial charge is 0.361 e. The summed E-state index contributed by atoms with van der Waals surface area (Å²) in [7, 11) is 3.66. The van der Waals surface area contributed by atoms with Crippen LogP contribution in [0.4, 0.5) is 17.5 Å². The number of nitro benzene ring substituents is 1. The van der Waals surface area contributed by atoms with Crippen molar-refractivity contribution in [2.75, 3.05) is 24.3 Å². The molecule has 1 N–H and O–H groups in total. The molecule has 0 spiro atoms. The molecule has 1 aromatic carbocycles. The lowest BCUT2D eigenvalue weighted by Crippen LogP contribution is -2.10. The van der Waals surface area contributed by atoms with E-state index in [0.717, 1.165) is 12.1 Å². The zero-order chi connectivity index (χ0) is 19.4. The fourth-order valence-corrected chi connectivity index (χ4v) is 2.30. The van der Waals surface area contributed by atoms with Gasteiger partial charge in [-0.1, -0.05) is 6.92 Å². The Labute approximate surface area is 155 Å². The highest BCUT2D eigenvalue weighted by Gasteiger charge is 2.11. The predicted molar refractivity (Wildman–Crippen MR) is 99.5 cm³/mol. The van der Waals surface area contributed by atoms with Crippen LogP contribution in [-0.4, -0.2) is 39.1 Å². The molecule has 0 fully saturated rings. The standard InChI is InChI=1S/C17H19N7O3/c1-4-12-9-14(18-10-15-21-17(22-27-15)23(2)3)20-16(19-12)11-5-7-13(8-6-11)24(25)26/h5-9H,4,10H2,1-3H3,(H,18,19,20). The first-order valence-electron chi connectivity index (χ1n) is 8.33. The third-order valence-electron chi connectivity index (χ3n) is 3.76. The minimum atomic E-state index is -0.438. The van der Waals surface area contributed by atoms with E-state index in [0.29, 0.717) is 35.6 Å². The summed E-state index contributed by atoms with van der Waals surface area (Å²) in [5.74, 6) is 2.04. The van der Waals surface area contributed by atoms with Crippen molar-refractivity contribution >= 4 is 17.5 Å². The Balaban J connectivity index is 1.81. The van der Waals surface area contributed by atoms with E-state index in [-0.39, 0.29) is 5.69 Å². The average Bonchev–Trinajstić information content (AvgIpc) is 3.15. The summed E-state index contributed by atoms with van der Waals surface area (Å²) >= 11 is 0. The van der Waals surface area contributed by atoms with Crippen LogP contribution < -0.4 is 10.2 Å². The quantitative estimate of drug-likeness (QED) is 0.494. The van der Waals surface area contributed by atoms with Gasteiger partial charge in [0.25, 0.3) is 11.6 Å². The molecule has 10 nitrogen and oxygen atoms in total. The Hall–Kier alpha value is -3.56. The number of nitrogens with zero attached hydrogens (tertiary/aromatic N) is 6. The van der Waals surface area contributed by atoms with E-state index in [1.165, 1.54) is 12.1 Å². The molecule has 0 amide bonds. The monoisotopic (exact) mass is 369 g/mol. The van der Waals surface area contributed by atoms with Gasteiger partial charge in [-0.15, -0.1) is 0 Å². The van der Waals surface area contributed by atoms with Crippen LogP contribution in [0.5, 0.6) is 0 Å². The van der Waals surface area contributed by atoms with Crippen LogP contribution >= 0.6 is 0 Å². The van der Waals surface area contributed by atoms with Gasteiger partial charge in [-0.2, -0.15) is 4.98 Å². The van der Waals surface area contributed by atoms with Crippen molar-refractivity contribution in [3.8, 4) is 11.4 Å². The van der Waals surface area contributed by atoms with Crippen LogP contribution in [0.2, 0.25) is 0 Å². The maximum Gasteiger partial charge on any atom is 0.269 e. The smallest absolute Gasteiger partial charge is 0.269 e. The van der Waals surface area contributed by atoms with Gasteiger partial charge in [-0.05, 0) is 23.7 Å². The van der Waals surface area contributed by atoms with E-state index in [9.17, 15) is 10.1 Å². The van der Waals surface area contributed by atoms with Gasteiger partial charge in [-0.25, -0.2) is 9.97 Å². The molecule has 3 rings (SSSR count). The summed E-state index contributed by atoms with van der Waals surface area (Å²) in [5.41, 5.74) is 1.57. The fraction of sp³-hybridized carbons (Fsp3) is 0.294. The molecule has 0 saturated carbocycles. The molecule has 2 aromatic heterocycles. The second-order valence-electron chi connectivity index (χ2n) is 5.96. The predicted octanol–water partition coefficient (Wildman–Crippen LogP) is 2.68. The van der Waals surface area contributed by atoms with Crippen molar-refractivity contribution in [1.29, 1.82) is 0 Å². The van der Waals surface area contributed by atoms with Crippen molar-refractivity contribution in [3.63, 3.8) is 0 Å². The zero-order valence-electron chi connectivity index (χ0n) is 15.2. The number of rotatable bonds is 7. The van der Waals surface area contributed by atoms with Crippen LogP contribution in [0.15, 0.2) is 34.9 Å². The van der Waals surface area contributed by atoms with Gasteiger partial charge in [-0.3, -0.25) is 10.1 Å². The third-order valence-corrected chi connectivity index (χ3v) is 3.76. The van der Waals surface area contributed by atoms with E-state index in [1.54, 1.807) is 17.0 Å². The van der Waals surface area contributed by atoms with Gasteiger partial charge in [0.1, 0.15) is 5.82 Å². The number of non-ortho nitro benzene ring substituents is 1. The summed E-state index contributed by atoms with van der Waals surface area (Å²) in [4.78, 5) is 25.4. The molecule has 0 aliphatic carbocycles. The number of hydrogen-bond donors (Lipinski definition) is 1. The van der Waals surface area contributed by atoms with E-state index >= 15 is 0 Å². The van der Waals surface area contributed by atoms with Crippen molar-refractivity contribution in [1.82, 2.24) is 20.1 Å². The normalized spacial score (nSPS) is 10.6. The van der Waals surface area contributed by atoms with E-state index < -0.39 is 4.92 Å². The lowest BCUT2D eigenvalue weighted by molar-refractivity contribution is -0.384. The number of hydrogen-bond acceptors (Lipinski definition) is 9. The Kier molecular flexibility index (Phi) is 5.25. The Bertz CT molecular complexity index is 938. The lowest BCUT2D eigenvalue weighted by atomic mass is 10.2. The molecular formula is C17H19N7O3. The fourth-order valence-electron chi connectivity index (χ4n) is 2.30. The molecular weight excluding hydrogens is 350 g/mol. The lowest BCUT2D eigenvalue weighted by Gasteiger charge is -2.08. The number of aryl methyl sites for hydroxylation is 1. The summed E-state index contributed by atoms with van der Waals surface area (Å²) in [6.07, 6.45) is 0.725. The van der Waals surface area contributed by atoms with Gasteiger partial charge < -0.3 is 14.7 Å². The molecule has 0 aliphatic heterocycles. The van der Waals surface area contributed by atoms with Crippen LogP contribution in [-0.2, 0) is 13.0 Å². The van der Waals surface area contributed by atoms with Crippen LogP contribution in [0.25, 0.3) is 11.4 Å². The summed E-state index contributed by atoms with van der Waals surface area (Å²) < 4.78 is 5.18. The van der Waals surface area contributed by atoms with Gasteiger partial charge in [0.15, 0.2) is 5.82 Å². The topological polar surface area (TPSA) is 123 Å². The SMILES string of the molecule is CCc1cc(NCc2nc(N(C)C)no2)nc(-c2ccc([N+](=O)[O-])cc2)n1. The van der Waals surface area contributed by atoms with Crippen LogP contribution in [0.3, 0.4) is 0 Å². The number of anilines is 2. The molecule has 0 saturated heterocycles. The van der Waals surface area contributed by atoms with Crippen molar-refractivity contribution in [3.05, 3.63) is 52.0 Å². The van der Waals surface area contributed by atoms with Gasteiger partial charge >= 0.3 is 0 Å². The van der Waals surface area contributed by atoms with E-state index in [4.69, 9.17) is 4.52 Å². The van der Waals surface area contributed by atoms with Crippen molar-refractivity contribution < 1.29 is 9.45 Å². The minimum Gasteiger partial charge on any atom is -0.361 e. The zero-order valence-corrected chi connectivity index (χ0v) is 15.2. The van der Waals surface area contributed by atoms with Gasteiger partial charge in [0.2, 0.25) is 5.89 Å². The number of aromatic nitrogens is 4. The molecule has 10 heteroatoms. The first-order valence-corrected chi connectivity index (χ1v) is 8.33. The third kappa shape index (κ3) is 4.35. The van der Waals surface area contributed by atoms with Crippen molar-refractivity contribution in [2.45, 2.75) is 19.9 Å². The van der Waals surface area contributed by atoms with Gasteiger partial charge in [0, 0.05) is 43.6 Å². The molecule has 140 valence electrons. The Morgan fingerprint density at radius 2 is 1.93 bits per heavy atom. The summed E-state index contributed by atoms with van der Waals surface area (Å²) in [6.45, 7) is 2.31. The van der Waals surface area contributed by atoms with Crippen LogP contribution in [0.1, 0.15) is 18.5 Å². The highest BCUT2D eigenvalue weighted by atomic mass is 16.6. The highest BCUT2D eigenvalue weighted by molar-refractivity contribution is 5.59. The number of nitro groups is 1. The first kappa shape index (κ1) is 18.2. The second-order valence-corrected chi connectivity index (χ2v) is 5.96. The summed E-state index contributed by atoms with van der Waals surface area (Å²) in [5, 5.41) is 17.8. The second kappa shape index (κ2) is 7.77. The number of nitrogens with one attached hydrogen (secondary N) is 1. The molecule has 0 bridgehead atoms. The van der Waals surface area contributed by atoms with Crippen LogP contribution in [0, 0.1) is 10.1 Å². The Morgan fingerprint density at radius 3 is 2.52 bits per heavy atom. The highest BCUT2D eigenvalue weighted by Crippen LogP contribution is 2.22. The molecule has 0 radical (unpaired) electrons. The molecule has 0 atom stereocenters. The summed E-state index contributed by atoms with van der Waals surface area (Å²) in [6, 6.07) is 7.99. The number of benzene rings is 1. The minimum absolute atomic E-state index is 0.0248. The van der Waals surface area contributed by atoms with Gasteiger partial charge in [0.05, 0.1) is 11.5 Å². The average molecular weight is 369 g/mol. The van der Waals surface area contributed by atoms with Crippen molar-refractivity contribution in [2.24, 2.45) is 0 Å². The van der Waals surface area contributed by atoms with E-state index in [1.807, 2.05) is 27.1 Å².